The highest BCUT2D eigenvalue weighted by atomic mass is 16.3. The number of nitrogens with zero attached hydrogens (tertiary/aromatic N) is 3. The fraction of sp³-hybridized carbons (Fsp3) is 0.412. The van der Waals surface area contributed by atoms with Gasteiger partial charge in [-0.05, 0) is 30.9 Å². The Bertz CT molecular complexity index is 742. The second-order valence-electron chi connectivity index (χ2n) is 6.29. The van der Waals surface area contributed by atoms with E-state index in [4.69, 9.17) is 0 Å². The van der Waals surface area contributed by atoms with Crippen molar-refractivity contribution < 1.29 is 9.55 Å². The van der Waals surface area contributed by atoms with Gasteiger partial charge in [-0.1, -0.05) is 13.8 Å². The summed E-state index contributed by atoms with van der Waals surface area (Å²) in [4.78, 5) is 23.7. The molecule has 1 aromatic heterocycles. The molecule has 0 saturated heterocycles. The summed E-state index contributed by atoms with van der Waals surface area (Å²) in [7, 11) is 1.46. The van der Waals surface area contributed by atoms with Gasteiger partial charge in [0.25, 0.3) is 11.6 Å². The first-order valence-corrected chi connectivity index (χ1v) is 7.87. The lowest BCUT2D eigenvalue weighted by atomic mass is 10.1. The number of hydrogen-bond acceptors (Lipinski definition) is 3. The van der Waals surface area contributed by atoms with Gasteiger partial charge in [0.1, 0.15) is 0 Å². The Hall–Kier alpha value is -2.50. The zero-order valence-electron chi connectivity index (χ0n) is 13.6. The zero-order chi connectivity index (χ0) is 16.6. The first-order chi connectivity index (χ1) is 11.0. The van der Waals surface area contributed by atoms with Crippen LogP contribution in [0.2, 0.25) is 0 Å². The van der Waals surface area contributed by atoms with Crippen LogP contribution in [0, 0.1) is 4.91 Å². The van der Waals surface area contributed by atoms with Crippen LogP contribution in [0.4, 0.5) is 5.69 Å². The molecule has 0 radical (unpaired) electrons. The van der Waals surface area contributed by atoms with Crippen LogP contribution in [-0.4, -0.2) is 33.5 Å². The van der Waals surface area contributed by atoms with Crippen molar-refractivity contribution in [3.63, 3.8) is 0 Å². The van der Waals surface area contributed by atoms with E-state index in [-0.39, 0.29) is 11.8 Å². The molecule has 0 unspecified atom stereocenters. The van der Waals surface area contributed by atoms with Crippen molar-refractivity contribution in [3.8, 4) is 5.69 Å². The van der Waals surface area contributed by atoms with Crippen molar-refractivity contribution >= 4 is 11.6 Å². The highest BCUT2D eigenvalue weighted by Gasteiger charge is 2.27. The fourth-order valence-corrected chi connectivity index (χ4v) is 2.43. The van der Waals surface area contributed by atoms with E-state index in [0.717, 1.165) is 29.0 Å². The number of carbonyl (C=O) groups excluding carboxylic acids is 1. The van der Waals surface area contributed by atoms with E-state index < -0.39 is 0 Å². The molecule has 6 heteroatoms. The molecule has 0 atom stereocenters. The minimum absolute atomic E-state index is 0.0571. The van der Waals surface area contributed by atoms with Gasteiger partial charge >= 0.3 is 0 Å². The van der Waals surface area contributed by atoms with Crippen LogP contribution in [0.15, 0.2) is 30.5 Å². The summed E-state index contributed by atoms with van der Waals surface area (Å²) in [5.41, 5.74) is 2.81. The van der Waals surface area contributed by atoms with Crippen LogP contribution in [0.1, 0.15) is 48.7 Å². The first-order valence-electron chi connectivity index (χ1n) is 7.87. The number of carbonyl (C=O) groups is 1. The Morgan fingerprint density at radius 1 is 1.30 bits per heavy atom. The summed E-state index contributed by atoms with van der Waals surface area (Å²) < 4.78 is 2.51. The van der Waals surface area contributed by atoms with Crippen LogP contribution in [0.5, 0.6) is 0 Å². The van der Waals surface area contributed by atoms with Gasteiger partial charge < -0.3 is 5.32 Å². The van der Waals surface area contributed by atoms with Crippen molar-refractivity contribution in [2.24, 2.45) is 0 Å². The quantitative estimate of drug-likeness (QED) is 0.863. The molecule has 1 N–H and O–H groups in total. The molecule has 1 fully saturated rings. The molecule has 1 aromatic carbocycles. The van der Waals surface area contributed by atoms with E-state index in [1.807, 2.05) is 26.0 Å². The third-order valence-corrected chi connectivity index (χ3v) is 3.92. The molecule has 1 amide bonds. The molecule has 1 saturated carbocycles. The standard InChI is InChI=1S/C17H20N4O2/c1-11(2)16-15(17(22)18-12-4-5-12)10-21(19-16)14-8-6-13(7-9-14)20(3)23/h6-12H,4-5H2,1-3H3/p+1. The summed E-state index contributed by atoms with van der Waals surface area (Å²) in [6.07, 6.45) is 3.88. The van der Waals surface area contributed by atoms with Crippen molar-refractivity contribution in [1.82, 2.24) is 15.1 Å². The maximum atomic E-state index is 12.4. The van der Waals surface area contributed by atoms with E-state index in [1.54, 1.807) is 23.0 Å². The van der Waals surface area contributed by atoms with Crippen molar-refractivity contribution in [1.29, 1.82) is 0 Å². The van der Waals surface area contributed by atoms with Crippen molar-refractivity contribution in [2.75, 3.05) is 7.05 Å². The smallest absolute Gasteiger partial charge is 0.255 e. The Balaban J connectivity index is 1.92. The number of aromatic nitrogens is 2. The third kappa shape index (κ3) is 3.31. The zero-order valence-corrected chi connectivity index (χ0v) is 13.6. The molecule has 1 aliphatic carbocycles. The Morgan fingerprint density at radius 3 is 2.48 bits per heavy atom. The molecular formula is C17H21N4O2+. The van der Waals surface area contributed by atoms with Gasteiger partial charge in [-0.15, -0.1) is 0 Å². The minimum atomic E-state index is -0.0571. The summed E-state index contributed by atoms with van der Waals surface area (Å²) in [6.45, 7) is 4.05. The molecule has 6 nitrogen and oxygen atoms in total. The monoisotopic (exact) mass is 313 g/mol. The SMILES string of the molecule is CC(C)c1nn(-c2ccc([N+](C)=O)cc2)cc1C(=O)NC1CC1. The van der Waals surface area contributed by atoms with Gasteiger partial charge in [-0.2, -0.15) is 5.10 Å². The minimum Gasteiger partial charge on any atom is -0.349 e. The second kappa shape index (κ2) is 5.95. The van der Waals surface area contributed by atoms with Crippen molar-refractivity contribution in [2.45, 2.75) is 38.6 Å². The van der Waals surface area contributed by atoms with Crippen LogP contribution in [0.25, 0.3) is 5.69 Å². The predicted molar refractivity (Wildman–Crippen MR) is 87.4 cm³/mol. The number of nitrogens with one attached hydrogen (secondary N) is 1. The molecule has 0 bridgehead atoms. The highest BCUT2D eigenvalue weighted by molar-refractivity contribution is 5.95. The molecule has 1 aliphatic rings. The summed E-state index contributed by atoms with van der Waals surface area (Å²) in [5.74, 6) is 0.0987. The van der Waals surface area contributed by atoms with E-state index >= 15 is 0 Å². The Labute approximate surface area is 135 Å². The van der Waals surface area contributed by atoms with Gasteiger partial charge in [-0.25, -0.2) is 4.68 Å². The van der Waals surface area contributed by atoms with Crippen LogP contribution in [-0.2, 0) is 0 Å². The second-order valence-corrected chi connectivity index (χ2v) is 6.29. The average Bonchev–Trinajstić information content (AvgIpc) is 3.21. The number of hydrogen-bond donors (Lipinski definition) is 1. The first kappa shape index (κ1) is 15.4. The van der Waals surface area contributed by atoms with E-state index in [1.165, 1.54) is 7.05 Å². The molecule has 2 aromatic rings. The lowest BCUT2D eigenvalue weighted by Crippen LogP contribution is -2.26. The largest absolute Gasteiger partial charge is 0.349 e. The number of nitroso groups, excluding NO2 is 1. The average molecular weight is 313 g/mol. The molecule has 0 aliphatic heterocycles. The van der Waals surface area contributed by atoms with Crippen LogP contribution in [0.3, 0.4) is 0 Å². The van der Waals surface area contributed by atoms with Gasteiger partial charge in [0.2, 0.25) is 0 Å². The molecule has 3 rings (SSSR count). The van der Waals surface area contributed by atoms with Gasteiger partial charge in [0.05, 0.1) is 16.9 Å². The van der Waals surface area contributed by atoms with E-state index in [2.05, 4.69) is 10.4 Å². The van der Waals surface area contributed by atoms with Crippen LogP contribution >= 0.6 is 0 Å². The summed E-state index contributed by atoms with van der Waals surface area (Å²) in [5, 5.41) is 7.58. The molecule has 1 heterocycles. The lowest BCUT2D eigenvalue weighted by Gasteiger charge is -2.05. The third-order valence-electron chi connectivity index (χ3n) is 3.92. The topological polar surface area (TPSA) is 67.0 Å². The van der Waals surface area contributed by atoms with Crippen LogP contribution < -0.4 is 5.32 Å². The van der Waals surface area contributed by atoms with E-state index in [9.17, 15) is 9.70 Å². The number of amides is 1. The van der Waals surface area contributed by atoms with Gasteiger partial charge in [-0.3, -0.25) is 4.79 Å². The maximum Gasteiger partial charge on any atom is 0.255 e. The molecule has 23 heavy (non-hydrogen) atoms. The number of rotatable bonds is 5. The normalized spacial score (nSPS) is 14.1. The number of benzene rings is 1. The Kier molecular flexibility index (Phi) is 3.98. The lowest BCUT2D eigenvalue weighted by molar-refractivity contribution is -0.428. The molecule has 0 spiro atoms. The van der Waals surface area contributed by atoms with Gasteiger partial charge in [0, 0.05) is 34.0 Å². The molecule has 120 valence electrons. The fourth-order valence-electron chi connectivity index (χ4n) is 2.43. The Morgan fingerprint density at radius 2 is 1.96 bits per heavy atom. The highest BCUT2D eigenvalue weighted by Crippen LogP contribution is 2.24. The maximum absolute atomic E-state index is 12.4. The van der Waals surface area contributed by atoms with Gasteiger partial charge in [0.15, 0.2) is 7.05 Å². The summed E-state index contributed by atoms with van der Waals surface area (Å²) in [6, 6.07) is 7.44. The summed E-state index contributed by atoms with van der Waals surface area (Å²) >= 11 is 0. The predicted octanol–water partition coefficient (Wildman–Crippen LogP) is 2.93. The molecular weight excluding hydrogens is 292 g/mol. The van der Waals surface area contributed by atoms with Crippen molar-refractivity contribution in [3.05, 3.63) is 46.6 Å². The van der Waals surface area contributed by atoms with E-state index in [0.29, 0.717) is 17.3 Å².